The van der Waals surface area contributed by atoms with Gasteiger partial charge in [0.25, 0.3) is 0 Å². The smallest absolute Gasteiger partial charge is 0.200 e. The maximum absolute atomic E-state index is 9.62. The fourth-order valence-electron chi connectivity index (χ4n) is 3.65. The molecule has 3 heteroatoms. The largest absolute Gasteiger partial charge is 0.504 e. The lowest BCUT2D eigenvalue weighted by Crippen LogP contribution is -1.94. The molecule has 0 atom stereocenters. The normalized spacial score (nSPS) is 11.0. The van der Waals surface area contributed by atoms with E-state index in [1.165, 1.54) is 39.6 Å². The van der Waals surface area contributed by atoms with E-state index in [2.05, 4.69) is 66.7 Å². The molecule has 0 aliphatic carbocycles. The first-order chi connectivity index (χ1) is 14.1. The number of rotatable bonds is 6. The Hall–Kier alpha value is -3.46. The first-order valence-electron chi connectivity index (χ1n) is 9.88. The van der Waals surface area contributed by atoms with Gasteiger partial charge in [0.1, 0.15) is 0 Å². The van der Waals surface area contributed by atoms with Crippen LogP contribution in [0, 0.1) is 0 Å². The summed E-state index contributed by atoms with van der Waals surface area (Å²) in [5.41, 5.74) is 4.64. The second-order valence-corrected chi connectivity index (χ2v) is 7.48. The van der Waals surface area contributed by atoms with Gasteiger partial charge in [-0.1, -0.05) is 66.7 Å². The first-order valence-corrected chi connectivity index (χ1v) is 9.88. The summed E-state index contributed by atoms with van der Waals surface area (Å²) in [5.74, 6) is -1.04. The fourth-order valence-corrected chi connectivity index (χ4v) is 3.65. The second kappa shape index (κ2) is 8.27. The minimum atomic E-state index is -0.468. The molecule has 0 saturated carbocycles. The molecule has 4 aromatic carbocycles. The summed E-state index contributed by atoms with van der Waals surface area (Å²) in [6.07, 6.45) is 3.49. The van der Waals surface area contributed by atoms with Crippen LogP contribution >= 0.6 is 0 Å². The molecule has 0 radical (unpaired) electrons. The van der Waals surface area contributed by atoms with E-state index in [9.17, 15) is 15.3 Å². The summed E-state index contributed by atoms with van der Waals surface area (Å²) < 4.78 is 0. The van der Waals surface area contributed by atoms with Crippen LogP contribution in [0.25, 0.3) is 10.8 Å². The van der Waals surface area contributed by atoms with Crippen LogP contribution in [0.15, 0.2) is 78.9 Å². The Kier molecular flexibility index (Phi) is 5.39. The Morgan fingerprint density at radius 2 is 0.931 bits per heavy atom. The molecule has 0 unspecified atom stereocenters. The number of benzene rings is 4. The molecule has 4 aromatic rings. The van der Waals surface area contributed by atoms with Crippen molar-refractivity contribution in [3.05, 3.63) is 101 Å². The Labute approximate surface area is 170 Å². The van der Waals surface area contributed by atoms with Crippen molar-refractivity contribution >= 4 is 10.8 Å². The van der Waals surface area contributed by atoms with Crippen LogP contribution < -0.4 is 0 Å². The quantitative estimate of drug-likeness (QED) is 0.383. The van der Waals surface area contributed by atoms with E-state index in [0.717, 1.165) is 24.8 Å². The Morgan fingerprint density at radius 1 is 0.448 bits per heavy atom. The third-order valence-corrected chi connectivity index (χ3v) is 5.37. The number of phenolic OH excluding ortho intramolecular Hbond substituents is 3. The van der Waals surface area contributed by atoms with Crippen molar-refractivity contribution in [1.82, 2.24) is 0 Å². The molecule has 0 bridgehead atoms. The average Bonchev–Trinajstić information content (AvgIpc) is 2.75. The van der Waals surface area contributed by atoms with Gasteiger partial charge in [-0.3, -0.25) is 0 Å². The average molecular weight is 384 g/mol. The lowest BCUT2D eigenvalue weighted by Gasteiger charge is -2.08. The lowest BCUT2D eigenvalue weighted by atomic mass is 9.99. The highest BCUT2D eigenvalue weighted by Crippen LogP contribution is 2.35. The van der Waals surface area contributed by atoms with Crippen LogP contribution in [0.5, 0.6) is 17.2 Å². The van der Waals surface area contributed by atoms with E-state index < -0.39 is 5.75 Å². The van der Waals surface area contributed by atoms with Crippen molar-refractivity contribution < 1.29 is 15.3 Å². The van der Waals surface area contributed by atoms with Gasteiger partial charge in [0.05, 0.1) is 0 Å². The van der Waals surface area contributed by atoms with E-state index in [1.54, 1.807) is 0 Å². The van der Waals surface area contributed by atoms with Gasteiger partial charge in [0, 0.05) is 0 Å². The van der Waals surface area contributed by atoms with Crippen molar-refractivity contribution in [2.75, 3.05) is 0 Å². The summed E-state index contributed by atoms with van der Waals surface area (Å²) in [4.78, 5) is 0. The van der Waals surface area contributed by atoms with Gasteiger partial charge < -0.3 is 15.3 Å². The van der Waals surface area contributed by atoms with Gasteiger partial charge in [-0.25, -0.2) is 0 Å². The van der Waals surface area contributed by atoms with Crippen LogP contribution in [0.4, 0.5) is 0 Å². The molecule has 29 heavy (non-hydrogen) atoms. The molecular formula is C26H24O3. The predicted molar refractivity (Wildman–Crippen MR) is 117 cm³/mol. The van der Waals surface area contributed by atoms with E-state index in [-0.39, 0.29) is 11.5 Å². The number of fused-ring (bicyclic) bond motifs is 1. The highest BCUT2D eigenvalue weighted by atomic mass is 16.3. The van der Waals surface area contributed by atoms with Gasteiger partial charge >= 0.3 is 0 Å². The summed E-state index contributed by atoms with van der Waals surface area (Å²) >= 11 is 0. The minimum Gasteiger partial charge on any atom is -0.504 e. The van der Waals surface area contributed by atoms with E-state index in [1.807, 2.05) is 0 Å². The number of hydrogen-bond donors (Lipinski definition) is 3. The van der Waals surface area contributed by atoms with Crippen molar-refractivity contribution in [2.45, 2.75) is 25.7 Å². The highest BCUT2D eigenvalue weighted by Gasteiger charge is 2.08. The third kappa shape index (κ3) is 4.52. The van der Waals surface area contributed by atoms with E-state index >= 15 is 0 Å². The number of aromatic hydroxyl groups is 3. The zero-order chi connectivity index (χ0) is 20.2. The fraction of sp³-hybridized carbons (Fsp3) is 0.154. The number of aryl methyl sites for hydroxylation is 4. The lowest BCUT2D eigenvalue weighted by molar-refractivity contribution is 0.367. The Bertz CT molecular complexity index is 1110. The van der Waals surface area contributed by atoms with Crippen LogP contribution in [0.1, 0.15) is 22.3 Å². The summed E-state index contributed by atoms with van der Waals surface area (Å²) in [5, 5.41) is 31.2. The molecule has 0 amide bonds. The zero-order valence-corrected chi connectivity index (χ0v) is 16.2. The van der Waals surface area contributed by atoms with Gasteiger partial charge in [0.2, 0.25) is 0 Å². The Morgan fingerprint density at radius 3 is 1.55 bits per heavy atom. The molecule has 0 spiro atoms. The highest BCUT2D eigenvalue weighted by molar-refractivity contribution is 5.83. The Balaban J connectivity index is 1.35. The van der Waals surface area contributed by atoms with Crippen LogP contribution in [-0.4, -0.2) is 15.3 Å². The maximum atomic E-state index is 9.62. The molecule has 146 valence electrons. The van der Waals surface area contributed by atoms with Crippen molar-refractivity contribution in [2.24, 2.45) is 0 Å². The van der Waals surface area contributed by atoms with Crippen molar-refractivity contribution in [1.29, 1.82) is 0 Å². The van der Waals surface area contributed by atoms with Gasteiger partial charge in [-0.15, -0.1) is 0 Å². The SMILES string of the molecule is Oc1cc(CCc2ccc(CCc3ccc4ccccc4c3)cc2)cc(O)c1O. The summed E-state index contributed by atoms with van der Waals surface area (Å²) in [6.45, 7) is 0. The number of hydrogen-bond acceptors (Lipinski definition) is 3. The molecule has 0 aromatic heterocycles. The zero-order valence-electron chi connectivity index (χ0n) is 16.2. The van der Waals surface area contributed by atoms with Crippen LogP contribution in [0.2, 0.25) is 0 Å². The standard InChI is InChI=1S/C26H24O3/c27-24-16-21(17-25(28)26(24)29)12-10-19-7-5-18(6-8-19)9-11-20-13-14-22-3-1-2-4-23(22)15-20/h1-8,13-17,27-29H,9-12H2. The molecule has 0 saturated heterocycles. The predicted octanol–water partition coefficient (Wildman–Crippen LogP) is 5.53. The van der Waals surface area contributed by atoms with Gasteiger partial charge in [0.15, 0.2) is 17.2 Å². The second-order valence-electron chi connectivity index (χ2n) is 7.48. The minimum absolute atomic E-state index is 0.288. The topological polar surface area (TPSA) is 60.7 Å². The maximum Gasteiger partial charge on any atom is 0.200 e. The molecule has 0 heterocycles. The van der Waals surface area contributed by atoms with E-state index in [4.69, 9.17) is 0 Å². The van der Waals surface area contributed by atoms with Gasteiger partial charge in [-0.2, -0.15) is 0 Å². The molecule has 3 N–H and O–H groups in total. The van der Waals surface area contributed by atoms with Crippen molar-refractivity contribution in [3.63, 3.8) is 0 Å². The molecule has 4 rings (SSSR count). The molecule has 3 nitrogen and oxygen atoms in total. The van der Waals surface area contributed by atoms with E-state index in [0.29, 0.717) is 6.42 Å². The third-order valence-electron chi connectivity index (χ3n) is 5.37. The molecule has 0 fully saturated rings. The monoisotopic (exact) mass is 384 g/mol. The molecular weight excluding hydrogens is 360 g/mol. The molecule has 0 aliphatic heterocycles. The van der Waals surface area contributed by atoms with Crippen LogP contribution in [0.3, 0.4) is 0 Å². The van der Waals surface area contributed by atoms with Gasteiger partial charge in [-0.05, 0) is 70.8 Å². The van der Waals surface area contributed by atoms with Crippen molar-refractivity contribution in [3.8, 4) is 17.2 Å². The number of phenols is 3. The molecule has 0 aliphatic rings. The summed E-state index contributed by atoms with van der Waals surface area (Å²) in [6, 6.07) is 26.7. The first kappa shape index (κ1) is 18.9. The van der Waals surface area contributed by atoms with Crippen LogP contribution in [-0.2, 0) is 25.7 Å². The summed E-state index contributed by atoms with van der Waals surface area (Å²) in [7, 11) is 0.